The first kappa shape index (κ1) is 15.0. The molecule has 0 unspecified atom stereocenters. The van der Waals surface area contributed by atoms with Crippen LogP contribution in [0.25, 0.3) is 0 Å². The molecule has 0 aliphatic rings. The molecule has 0 saturated carbocycles. The van der Waals surface area contributed by atoms with Crippen molar-refractivity contribution in [1.82, 2.24) is 19.5 Å². The summed E-state index contributed by atoms with van der Waals surface area (Å²) < 4.78 is 1.40. The van der Waals surface area contributed by atoms with Crippen LogP contribution < -0.4 is 16.6 Å². The first-order chi connectivity index (χ1) is 9.99. The Morgan fingerprint density at radius 2 is 2.05 bits per heavy atom. The average molecular weight is 289 g/mol. The molecule has 21 heavy (non-hydrogen) atoms. The van der Waals surface area contributed by atoms with Crippen LogP contribution in [0.2, 0.25) is 0 Å². The van der Waals surface area contributed by atoms with Gasteiger partial charge >= 0.3 is 5.69 Å². The number of aryl methyl sites for hydroxylation is 2. The van der Waals surface area contributed by atoms with Gasteiger partial charge in [0.25, 0.3) is 5.56 Å². The van der Waals surface area contributed by atoms with Crippen molar-refractivity contribution in [3.63, 3.8) is 0 Å². The van der Waals surface area contributed by atoms with Gasteiger partial charge in [-0.05, 0) is 20.3 Å². The lowest BCUT2D eigenvalue weighted by Crippen LogP contribution is -2.31. The third-order valence-electron chi connectivity index (χ3n) is 2.96. The number of nitrogens with one attached hydrogen (secondary N) is 2. The van der Waals surface area contributed by atoms with Gasteiger partial charge in [-0.15, -0.1) is 0 Å². The molecule has 0 amide bonds. The molecule has 2 N–H and O–H groups in total. The summed E-state index contributed by atoms with van der Waals surface area (Å²) in [6, 6.07) is 1.86. The van der Waals surface area contributed by atoms with E-state index in [1.807, 2.05) is 13.0 Å². The van der Waals surface area contributed by atoms with Crippen LogP contribution in [0.4, 0.5) is 5.82 Å². The molecule has 0 fully saturated rings. The summed E-state index contributed by atoms with van der Waals surface area (Å²) in [4.78, 5) is 34.1. The minimum atomic E-state index is -0.459. The van der Waals surface area contributed by atoms with Crippen molar-refractivity contribution in [3.05, 3.63) is 50.2 Å². The van der Waals surface area contributed by atoms with E-state index in [1.165, 1.54) is 10.8 Å². The van der Waals surface area contributed by atoms with Crippen LogP contribution in [0.3, 0.4) is 0 Å². The van der Waals surface area contributed by atoms with Gasteiger partial charge in [0.15, 0.2) is 5.82 Å². The summed E-state index contributed by atoms with van der Waals surface area (Å²) in [6.45, 7) is 6.65. The van der Waals surface area contributed by atoms with E-state index in [1.54, 1.807) is 6.92 Å². The number of aromatic amines is 1. The maximum atomic E-state index is 11.8. The molecule has 0 spiro atoms. The molecule has 0 saturated heterocycles. The average Bonchev–Trinajstić information content (AvgIpc) is 2.42. The number of rotatable bonds is 5. The molecule has 2 heterocycles. The molecule has 7 nitrogen and oxygen atoms in total. The topological polar surface area (TPSA) is 92.7 Å². The Kier molecular flexibility index (Phi) is 4.52. The molecule has 112 valence electrons. The fraction of sp³-hybridized carbons (Fsp3) is 0.429. The second-order valence-corrected chi connectivity index (χ2v) is 4.94. The largest absolute Gasteiger partial charge is 0.370 e. The van der Waals surface area contributed by atoms with Gasteiger partial charge < -0.3 is 5.32 Å². The highest BCUT2D eigenvalue weighted by atomic mass is 16.2. The van der Waals surface area contributed by atoms with Gasteiger partial charge in [0.2, 0.25) is 0 Å². The highest BCUT2D eigenvalue weighted by Gasteiger charge is 2.06. The molecule has 0 aliphatic heterocycles. The van der Waals surface area contributed by atoms with Gasteiger partial charge in [0, 0.05) is 30.1 Å². The summed E-state index contributed by atoms with van der Waals surface area (Å²) in [6.07, 6.45) is 2.52. The zero-order valence-corrected chi connectivity index (χ0v) is 12.4. The smallest absolute Gasteiger partial charge is 0.328 e. The highest BCUT2D eigenvalue weighted by Crippen LogP contribution is 2.07. The first-order valence-electron chi connectivity index (χ1n) is 6.88. The monoisotopic (exact) mass is 289 g/mol. The van der Waals surface area contributed by atoms with Gasteiger partial charge in [-0.2, -0.15) is 0 Å². The van der Waals surface area contributed by atoms with E-state index in [0.29, 0.717) is 11.4 Å². The molecule has 0 bridgehead atoms. The lowest BCUT2D eigenvalue weighted by molar-refractivity contribution is 0.678. The van der Waals surface area contributed by atoms with Crippen molar-refractivity contribution in [2.24, 2.45) is 0 Å². The lowest BCUT2D eigenvalue weighted by atomic mass is 10.3. The van der Waals surface area contributed by atoms with Gasteiger partial charge in [0.1, 0.15) is 5.82 Å². The molecule has 2 rings (SSSR count). The number of nitrogens with zero attached hydrogens (tertiary/aromatic N) is 3. The van der Waals surface area contributed by atoms with Crippen LogP contribution in [0.1, 0.15) is 30.4 Å². The minimum Gasteiger partial charge on any atom is -0.370 e. The normalized spacial score (nSPS) is 10.6. The predicted octanol–water partition coefficient (Wildman–Crippen LogP) is 0.814. The van der Waals surface area contributed by atoms with Crippen LogP contribution in [0.5, 0.6) is 0 Å². The molecule has 0 aliphatic carbocycles. The van der Waals surface area contributed by atoms with Crippen molar-refractivity contribution < 1.29 is 0 Å². The van der Waals surface area contributed by atoms with E-state index in [9.17, 15) is 9.59 Å². The summed E-state index contributed by atoms with van der Waals surface area (Å²) in [5, 5.41) is 3.20. The van der Waals surface area contributed by atoms with Crippen molar-refractivity contribution >= 4 is 5.82 Å². The number of hydrogen-bond acceptors (Lipinski definition) is 5. The standard InChI is InChI=1S/C14H19N5O2/c1-4-5-15-11-6-10(3)16-12(17-11)8-19-7-9(2)13(20)18-14(19)21/h6-7H,4-5,8H2,1-3H3,(H,15,16,17)(H,18,20,21). The second kappa shape index (κ2) is 6.34. The number of anilines is 1. The lowest BCUT2D eigenvalue weighted by Gasteiger charge is -2.09. The molecule has 0 radical (unpaired) electrons. The summed E-state index contributed by atoms with van der Waals surface area (Å²) in [7, 11) is 0. The molecule has 7 heteroatoms. The number of aromatic nitrogens is 4. The van der Waals surface area contributed by atoms with E-state index in [0.717, 1.165) is 24.5 Å². The van der Waals surface area contributed by atoms with E-state index >= 15 is 0 Å². The van der Waals surface area contributed by atoms with E-state index < -0.39 is 5.69 Å². The molecular weight excluding hydrogens is 270 g/mol. The Balaban J connectivity index is 2.31. The third-order valence-corrected chi connectivity index (χ3v) is 2.96. The Hall–Kier alpha value is -2.44. The Bertz CT molecular complexity index is 748. The number of H-pyrrole nitrogens is 1. The zero-order chi connectivity index (χ0) is 15.4. The SMILES string of the molecule is CCCNc1cc(C)nc(Cn2cc(C)c(=O)[nH]c2=O)n1. The number of hydrogen-bond donors (Lipinski definition) is 2. The fourth-order valence-corrected chi connectivity index (χ4v) is 1.93. The fourth-order valence-electron chi connectivity index (χ4n) is 1.93. The van der Waals surface area contributed by atoms with E-state index in [2.05, 4.69) is 27.2 Å². The minimum absolute atomic E-state index is 0.221. The van der Waals surface area contributed by atoms with Crippen LogP contribution in [0, 0.1) is 13.8 Å². The predicted molar refractivity (Wildman–Crippen MR) is 80.7 cm³/mol. The Labute approximate surface area is 122 Å². The first-order valence-corrected chi connectivity index (χ1v) is 6.88. The van der Waals surface area contributed by atoms with Crippen LogP contribution >= 0.6 is 0 Å². The molecular formula is C14H19N5O2. The third kappa shape index (κ3) is 3.77. The highest BCUT2D eigenvalue weighted by molar-refractivity contribution is 5.35. The maximum absolute atomic E-state index is 11.8. The van der Waals surface area contributed by atoms with Crippen LogP contribution in [0.15, 0.2) is 21.9 Å². The van der Waals surface area contributed by atoms with Gasteiger partial charge in [-0.25, -0.2) is 14.8 Å². The zero-order valence-electron chi connectivity index (χ0n) is 12.4. The van der Waals surface area contributed by atoms with Crippen LogP contribution in [-0.2, 0) is 6.54 Å². The Morgan fingerprint density at radius 3 is 2.76 bits per heavy atom. The Morgan fingerprint density at radius 1 is 1.29 bits per heavy atom. The molecule has 2 aromatic heterocycles. The van der Waals surface area contributed by atoms with Crippen molar-refractivity contribution in [3.8, 4) is 0 Å². The maximum Gasteiger partial charge on any atom is 0.328 e. The summed E-state index contributed by atoms with van der Waals surface area (Å²) >= 11 is 0. The molecule has 2 aromatic rings. The van der Waals surface area contributed by atoms with Crippen LogP contribution in [-0.4, -0.2) is 26.1 Å². The molecule has 0 atom stereocenters. The van der Waals surface area contributed by atoms with Gasteiger partial charge in [-0.3, -0.25) is 14.3 Å². The molecule has 0 aromatic carbocycles. The van der Waals surface area contributed by atoms with Gasteiger partial charge in [-0.1, -0.05) is 6.92 Å². The summed E-state index contributed by atoms with van der Waals surface area (Å²) in [5.74, 6) is 1.27. The van der Waals surface area contributed by atoms with Crippen molar-refractivity contribution in [2.45, 2.75) is 33.7 Å². The van der Waals surface area contributed by atoms with E-state index in [-0.39, 0.29) is 12.1 Å². The summed E-state index contributed by atoms with van der Waals surface area (Å²) in [5.41, 5.74) is 0.477. The van der Waals surface area contributed by atoms with Crippen molar-refractivity contribution in [2.75, 3.05) is 11.9 Å². The van der Waals surface area contributed by atoms with Gasteiger partial charge in [0.05, 0.1) is 6.54 Å². The van der Waals surface area contributed by atoms with Crippen molar-refractivity contribution in [1.29, 1.82) is 0 Å². The van der Waals surface area contributed by atoms with E-state index in [4.69, 9.17) is 0 Å². The quantitative estimate of drug-likeness (QED) is 0.850. The second-order valence-electron chi connectivity index (χ2n) is 4.94.